The summed E-state index contributed by atoms with van der Waals surface area (Å²) >= 11 is 0. The maximum absolute atomic E-state index is 12.3. The summed E-state index contributed by atoms with van der Waals surface area (Å²) in [7, 11) is 0. The number of aliphatic hydroxyl groups is 1. The summed E-state index contributed by atoms with van der Waals surface area (Å²) in [5.41, 5.74) is 1.11. The van der Waals surface area contributed by atoms with Crippen LogP contribution in [-0.4, -0.2) is 57.0 Å². The zero-order valence-electron chi connectivity index (χ0n) is 11.7. The number of β-amino-alcohol motifs (C(OH)–C–C–N with tert-alkyl or cyclic N) is 1. The van der Waals surface area contributed by atoms with Crippen molar-refractivity contribution in [3.8, 4) is 5.69 Å². The molecule has 2 aromatic rings. The SMILES string of the molecule is Cl.O=C(NCC1CNCC1O)c1ccccc1-n1cnnn1. The minimum atomic E-state index is -0.417. The zero-order chi connectivity index (χ0) is 14.7. The second kappa shape index (κ2) is 7.30. The number of benzene rings is 1. The molecule has 1 aromatic carbocycles. The monoisotopic (exact) mass is 324 g/mol. The number of rotatable bonds is 4. The molecule has 1 aliphatic heterocycles. The molecule has 0 spiro atoms. The Balaban J connectivity index is 0.00000176. The molecule has 1 aliphatic rings. The summed E-state index contributed by atoms with van der Waals surface area (Å²) in [5.74, 6) is -0.172. The number of hydrogen-bond acceptors (Lipinski definition) is 6. The first kappa shape index (κ1) is 16.3. The first-order valence-corrected chi connectivity index (χ1v) is 6.75. The van der Waals surface area contributed by atoms with Gasteiger partial charge in [-0.25, -0.2) is 0 Å². The molecule has 0 radical (unpaired) electrons. The molecule has 3 N–H and O–H groups in total. The van der Waals surface area contributed by atoms with Crippen molar-refractivity contribution in [2.45, 2.75) is 6.10 Å². The van der Waals surface area contributed by atoms with Gasteiger partial charge in [0.15, 0.2) is 0 Å². The van der Waals surface area contributed by atoms with Gasteiger partial charge in [-0.05, 0) is 22.6 Å². The van der Waals surface area contributed by atoms with Crippen LogP contribution in [0.25, 0.3) is 5.69 Å². The van der Waals surface area contributed by atoms with Gasteiger partial charge >= 0.3 is 0 Å². The van der Waals surface area contributed by atoms with E-state index in [0.717, 1.165) is 0 Å². The first-order valence-electron chi connectivity index (χ1n) is 6.75. The number of hydrogen-bond donors (Lipinski definition) is 3. The fourth-order valence-electron chi connectivity index (χ4n) is 2.38. The van der Waals surface area contributed by atoms with Crippen LogP contribution < -0.4 is 10.6 Å². The van der Waals surface area contributed by atoms with Crippen molar-refractivity contribution in [3.05, 3.63) is 36.2 Å². The van der Waals surface area contributed by atoms with Gasteiger partial charge in [0.05, 0.1) is 17.4 Å². The quantitative estimate of drug-likeness (QED) is 0.693. The molecule has 1 amide bonds. The van der Waals surface area contributed by atoms with E-state index in [2.05, 4.69) is 26.2 Å². The molecule has 1 saturated heterocycles. The highest BCUT2D eigenvalue weighted by atomic mass is 35.5. The van der Waals surface area contributed by atoms with Crippen LogP contribution in [0.1, 0.15) is 10.4 Å². The van der Waals surface area contributed by atoms with Gasteiger partial charge in [-0.3, -0.25) is 4.79 Å². The lowest BCUT2D eigenvalue weighted by molar-refractivity contribution is 0.0927. The third-order valence-electron chi connectivity index (χ3n) is 3.57. The Hall–Kier alpha value is -2.03. The summed E-state index contributed by atoms with van der Waals surface area (Å²) in [6.45, 7) is 1.70. The van der Waals surface area contributed by atoms with Gasteiger partial charge in [0.25, 0.3) is 5.91 Å². The molecule has 0 aliphatic carbocycles. The van der Waals surface area contributed by atoms with Gasteiger partial charge in [-0.1, -0.05) is 12.1 Å². The molecule has 22 heavy (non-hydrogen) atoms. The second-order valence-electron chi connectivity index (χ2n) is 4.97. The van der Waals surface area contributed by atoms with E-state index >= 15 is 0 Å². The van der Waals surface area contributed by atoms with Crippen LogP contribution >= 0.6 is 12.4 Å². The molecular weight excluding hydrogens is 308 g/mol. The van der Waals surface area contributed by atoms with Crippen molar-refractivity contribution in [3.63, 3.8) is 0 Å². The molecule has 9 heteroatoms. The van der Waals surface area contributed by atoms with Crippen molar-refractivity contribution >= 4 is 18.3 Å². The Morgan fingerprint density at radius 3 is 2.91 bits per heavy atom. The van der Waals surface area contributed by atoms with E-state index in [1.165, 1.54) is 11.0 Å². The first-order chi connectivity index (χ1) is 10.3. The highest BCUT2D eigenvalue weighted by molar-refractivity contribution is 5.97. The lowest BCUT2D eigenvalue weighted by Gasteiger charge is -2.15. The Morgan fingerprint density at radius 1 is 1.41 bits per heavy atom. The number of aliphatic hydroxyl groups excluding tert-OH is 1. The van der Waals surface area contributed by atoms with Crippen molar-refractivity contribution in [1.82, 2.24) is 30.8 Å². The van der Waals surface area contributed by atoms with E-state index in [9.17, 15) is 9.90 Å². The minimum Gasteiger partial charge on any atom is -0.391 e. The smallest absolute Gasteiger partial charge is 0.253 e. The van der Waals surface area contributed by atoms with Crippen molar-refractivity contribution in [1.29, 1.82) is 0 Å². The van der Waals surface area contributed by atoms with Crippen LogP contribution in [0.15, 0.2) is 30.6 Å². The van der Waals surface area contributed by atoms with E-state index in [4.69, 9.17) is 0 Å². The van der Waals surface area contributed by atoms with E-state index in [1.54, 1.807) is 18.2 Å². The minimum absolute atomic E-state index is 0. The lowest BCUT2D eigenvalue weighted by atomic mass is 10.1. The number of carbonyl (C=O) groups excluding carboxylic acids is 1. The standard InChI is InChI=1S/C13H16N6O2.ClH/c20-12-7-14-5-9(12)6-15-13(21)10-3-1-2-4-11(10)19-8-16-17-18-19;/h1-4,8-9,12,14,20H,5-7H2,(H,15,21);1H. The third kappa shape index (κ3) is 3.41. The molecule has 8 nitrogen and oxygen atoms in total. The third-order valence-corrected chi connectivity index (χ3v) is 3.57. The summed E-state index contributed by atoms with van der Waals surface area (Å²) in [5, 5.41) is 26.6. The number of carbonyl (C=O) groups is 1. The molecule has 2 atom stereocenters. The number of aromatic nitrogens is 4. The largest absolute Gasteiger partial charge is 0.391 e. The van der Waals surface area contributed by atoms with Crippen molar-refractivity contribution in [2.75, 3.05) is 19.6 Å². The van der Waals surface area contributed by atoms with E-state index in [-0.39, 0.29) is 24.2 Å². The van der Waals surface area contributed by atoms with Gasteiger partial charge in [-0.2, -0.15) is 4.68 Å². The number of amides is 1. The Labute approximate surface area is 133 Å². The van der Waals surface area contributed by atoms with Gasteiger partial charge in [0, 0.05) is 25.6 Å². The molecule has 3 rings (SSSR count). The fraction of sp³-hybridized carbons (Fsp3) is 0.385. The van der Waals surface area contributed by atoms with Crippen LogP contribution in [0.5, 0.6) is 0 Å². The Kier molecular flexibility index (Phi) is 5.42. The number of tetrazole rings is 1. The molecular formula is C13H17ClN6O2. The predicted molar refractivity (Wildman–Crippen MR) is 81.1 cm³/mol. The summed E-state index contributed by atoms with van der Waals surface area (Å²) in [6, 6.07) is 7.10. The summed E-state index contributed by atoms with van der Waals surface area (Å²) in [4.78, 5) is 12.3. The average molecular weight is 325 g/mol. The molecule has 2 unspecified atom stereocenters. The molecule has 0 bridgehead atoms. The Bertz CT molecular complexity index is 621. The van der Waals surface area contributed by atoms with E-state index in [1.807, 2.05) is 6.07 Å². The fourth-order valence-corrected chi connectivity index (χ4v) is 2.38. The molecule has 0 saturated carbocycles. The van der Waals surface area contributed by atoms with Crippen LogP contribution in [0.4, 0.5) is 0 Å². The summed E-state index contributed by atoms with van der Waals surface area (Å²) < 4.78 is 1.45. The van der Waals surface area contributed by atoms with Gasteiger partial charge in [0.2, 0.25) is 0 Å². The average Bonchev–Trinajstić information content (AvgIpc) is 3.16. The molecule has 1 aromatic heterocycles. The normalized spacial score (nSPS) is 20.4. The second-order valence-corrected chi connectivity index (χ2v) is 4.97. The van der Waals surface area contributed by atoms with Gasteiger partial charge < -0.3 is 15.7 Å². The van der Waals surface area contributed by atoms with Crippen LogP contribution in [0, 0.1) is 5.92 Å². The van der Waals surface area contributed by atoms with Gasteiger partial charge in [-0.15, -0.1) is 17.5 Å². The number of nitrogens with zero attached hydrogens (tertiary/aromatic N) is 4. The molecule has 118 valence electrons. The highest BCUT2D eigenvalue weighted by Gasteiger charge is 2.25. The Morgan fingerprint density at radius 2 is 2.23 bits per heavy atom. The maximum atomic E-state index is 12.3. The molecule has 1 fully saturated rings. The number of para-hydroxylation sites is 1. The number of nitrogens with one attached hydrogen (secondary N) is 2. The number of halogens is 1. The van der Waals surface area contributed by atoms with E-state index in [0.29, 0.717) is 30.9 Å². The summed E-state index contributed by atoms with van der Waals surface area (Å²) in [6.07, 6.45) is 1.02. The van der Waals surface area contributed by atoms with Gasteiger partial charge in [0.1, 0.15) is 6.33 Å². The van der Waals surface area contributed by atoms with Crippen molar-refractivity contribution < 1.29 is 9.90 Å². The van der Waals surface area contributed by atoms with E-state index < -0.39 is 6.10 Å². The topological polar surface area (TPSA) is 105 Å². The predicted octanol–water partition coefficient (Wildman–Crippen LogP) is -0.606. The highest BCUT2D eigenvalue weighted by Crippen LogP contribution is 2.13. The lowest BCUT2D eigenvalue weighted by Crippen LogP contribution is -2.34. The van der Waals surface area contributed by atoms with Crippen LogP contribution in [0.2, 0.25) is 0 Å². The van der Waals surface area contributed by atoms with Crippen LogP contribution in [0.3, 0.4) is 0 Å². The maximum Gasteiger partial charge on any atom is 0.253 e. The van der Waals surface area contributed by atoms with Crippen LogP contribution in [-0.2, 0) is 0 Å². The molecule has 2 heterocycles. The zero-order valence-corrected chi connectivity index (χ0v) is 12.5. The van der Waals surface area contributed by atoms with Crippen molar-refractivity contribution in [2.24, 2.45) is 5.92 Å².